The quantitative estimate of drug-likeness (QED) is 0.613. The van der Waals surface area contributed by atoms with Crippen molar-refractivity contribution >= 4 is 34.4 Å². The van der Waals surface area contributed by atoms with Crippen LogP contribution < -0.4 is 16.0 Å². The Morgan fingerprint density at radius 2 is 2.29 bits per heavy atom. The number of nitrogens with one attached hydrogen (secondary N) is 2. The number of rotatable bonds is 5. The Morgan fingerprint density at radius 3 is 3.07 bits per heavy atom. The first kappa shape index (κ1) is 18.7. The van der Waals surface area contributed by atoms with E-state index in [0.29, 0.717) is 23.7 Å². The summed E-state index contributed by atoms with van der Waals surface area (Å²) in [5.74, 6) is 0.727. The highest BCUT2D eigenvalue weighted by Gasteiger charge is 2.36. The summed E-state index contributed by atoms with van der Waals surface area (Å²) in [4.78, 5) is 26.7. The Hall–Kier alpha value is -2.64. The summed E-state index contributed by atoms with van der Waals surface area (Å²) in [7, 11) is 0. The van der Waals surface area contributed by atoms with Crippen molar-refractivity contribution in [3.05, 3.63) is 52.9 Å². The lowest BCUT2D eigenvalue weighted by atomic mass is 10.00. The number of nitrogens with zero attached hydrogens (tertiary/aromatic N) is 3. The molecule has 1 aliphatic rings. The lowest BCUT2D eigenvalue weighted by molar-refractivity contribution is 0.0945. The summed E-state index contributed by atoms with van der Waals surface area (Å²) in [6, 6.07) is 6.89. The summed E-state index contributed by atoms with van der Waals surface area (Å²) in [5.41, 5.74) is 8.64. The number of hydrogen-bond donors (Lipinski definition) is 3. The standard InChI is InChI=1S/C20H23ClN6O/c1-2-13-9-23-17-16(13)18(26-12-25-17)27-7-6-20(22,11-27)10-24-19(28)14-4-3-5-15(21)8-14/h3-5,8-9,12H,2,6-7,10-11,22H2,1H3,(H,24,28)(H,23,25,26)/t20-/m0/s1. The third-order valence-corrected chi connectivity index (χ3v) is 5.52. The Morgan fingerprint density at radius 1 is 1.43 bits per heavy atom. The monoisotopic (exact) mass is 398 g/mol. The highest BCUT2D eigenvalue weighted by molar-refractivity contribution is 6.30. The average molecular weight is 399 g/mol. The summed E-state index contributed by atoms with van der Waals surface area (Å²) >= 11 is 5.97. The van der Waals surface area contributed by atoms with E-state index in [0.717, 1.165) is 36.2 Å². The van der Waals surface area contributed by atoms with Gasteiger partial charge in [0.25, 0.3) is 5.91 Å². The van der Waals surface area contributed by atoms with E-state index in [1.165, 1.54) is 5.56 Å². The molecule has 1 aromatic carbocycles. The van der Waals surface area contributed by atoms with E-state index in [2.05, 4.69) is 32.1 Å². The van der Waals surface area contributed by atoms with Crippen molar-refractivity contribution in [2.75, 3.05) is 24.5 Å². The Bertz CT molecular complexity index is 1020. The summed E-state index contributed by atoms with van der Waals surface area (Å²) in [5, 5.41) is 4.54. The zero-order chi connectivity index (χ0) is 19.7. The maximum Gasteiger partial charge on any atom is 0.251 e. The highest BCUT2D eigenvalue weighted by atomic mass is 35.5. The lowest BCUT2D eigenvalue weighted by Crippen LogP contribution is -2.52. The van der Waals surface area contributed by atoms with Crippen LogP contribution in [-0.4, -0.2) is 46.0 Å². The fraction of sp³-hybridized carbons (Fsp3) is 0.350. The van der Waals surface area contributed by atoms with E-state index < -0.39 is 5.54 Å². The molecule has 28 heavy (non-hydrogen) atoms. The van der Waals surface area contributed by atoms with Gasteiger partial charge < -0.3 is 20.9 Å². The second kappa shape index (κ2) is 7.41. The first-order valence-electron chi connectivity index (χ1n) is 9.38. The highest BCUT2D eigenvalue weighted by Crippen LogP contribution is 2.31. The van der Waals surface area contributed by atoms with Gasteiger partial charge in [0.05, 0.1) is 10.9 Å². The molecular formula is C20H23ClN6O. The van der Waals surface area contributed by atoms with Crippen molar-refractivity contribution in [1.29, 1.82) is 0 Å². The molecule has 0 aliphatic carbocycles. The summed E-state index contributed by atoms with van der Waals surface area (Å²) in [6.07, 6.45) is 5.22. The van der Waals surface area contributed by atoms with Gasteiger partial charge in [0.15, 0.2) is 0 Å². The van der Waals surface area contributed by atoms with Crippen molar-refractivity contribution in [1.82, 2.24) is 20.3 Å². The van der Waals surface area contributed by atoms with Gasteiger partial charge in [-0.2, -0.15) is 0 Å². The van der Waals surface area contributed by atoms with Gasteiger partial charge in [-0.05, 0) is 36.6 Å². The molecule has 0 saturated carbocycles. The normalized spacial score (nSPS) is 19.3. The van der Waals surface area contributed by atoms with E-state index in [9.17, 15) is 4.79 Å². The number of H-pyrrole nitrogens is 1. The molecule has 1 aliphatic heterocycles. The molecule has 1 amide bonds. The van der Waals surface area contributed by atoms with Crippen LogP contribution in [0.2, 0.25) is 5.02 Å². The molecule has 3 aromatic rings. The second-order valence-electron chi connectivity index (χ2n) is 7.32. The fourth-order valence-corrected chi connectivity index (χ4v) is 3.93. The van der Waals surface area contributed by atoms with E-state index in [-0.39, 0.29) is 5.91 Å². The smallest absolute Gasteiger partial charge is 0.251 e. The molecule has 8 heteroatoms. The summed E-state index contributed by atoms with van der Waals surface area (Å²) < 4.78 is 0. The minimum absolute atomic E-state index is 0.172. The third kappa shape index (κ3) is 3.55. The van der Waals surface area contributed by atoms with Gasteiger partial charge in [-0.25, -0.2) is 9.97 Å². The number of benzene rings is 1. The van der Waals surface area contributed by atoms with Crippen LogP contribution in [0.1, 0.15) is 29.3 Å². The number of halogens is 1. The van der Waals surface area contributed by atoms with Crippen LogP contribution in [0.5, 0.6) is 0 Å². The number of carbonyl (C=O) groups is 1. The number of hydrogen-bond acceptors (Lipinski definition) is 5. The molecule has 0 bridgehead atoms. The molecule has 7 nitrogen and oxygen atoms in total. The molecular weight excluding hydrogens is 376 g/mol. The van der Waals surface area contributed by atoms with Crippen molar-refractivity contribution in [3.63, 3.8) is 0 Å². The first-order chi connectivity index (χ1) is 13.5. The van der Waals surface area contributed by atoms with Gasteiger partial charge >= 0.3 is 0 Å². The number of nitrogens with two attached hydrogens (primary N) is 1. The lowest BCUT2D eigenvalue weighted by Gasteiger charge is -2.25. The molecule has 1 saturated heterocycles. The zero-order valence-electron chi connectivity index (χ0n) is 15.7. The van der Waals surface area contributed by atoms with Crippen LogP contribution in [0.3, 0.4) is 0 Å². The van der Waals surface area contributed by atoms with Crippen molar-refractivity contribution in [3.8, 4) is 0 Å². The summed E-state index contributed by atoms with van der Waals surface area (Å²) in [6.45, 7) is 3.89. The molecule has 0 unspecified atom stereocenters. The third-order valence-electron chi connectivity index (χ3n) is 5.29. The predicted octanol–water partition coefficient (Wildman–Crippen LogP) is 2.51. The Balaban J connectivity index is 1.48. The first-order valence-corrected chi connectivity index (χ1v) is 9.75. The Kier molecular flexibility index (Phi) is 4.95. The molecule has 4 rings (SSSR count). The number of aromatic amines is 1. The number of fused-ring (bicyclic) bond motifs is 1. The van der Waals surface area contributed by atoms with E-state index in [1.807, 2.05) is 6.20 Å². The number of aromatic nitrogens is 3. The van der Waals surface area contributed by atoms with Gasteiger partial charge in [0.2, 0.25) is 0 Å². The van der Waals surface area contributed by atoms with Gasteiger partial charge in [-0.3, -0.25) is 4.79 Å². The minimum Gasteiger partial charge on any atom is -0.354 e. The number of aryl methyl sites for hydroxylation is 1. The number of anilines is 1. The topological polar surface area (TPSA) is 99.9 Å². The van der Waals surface area contributed by atoms with E-state index in [4.69, 9.17) is 17.3 Å². The van der Waals surface area contributed by atoms with Gasteiger partial charge in [-0.1, -0.05) is 24.6 Å². The van der Waals surface area contributed by atoms with Crippen molar-refractivity contribution < 1.29 is 4.79 Å². The minimum atomic E-state index is -0.520. The molecule has 2 aromatic heterocycles. The molecule has 0 spiro atoms. The van der Waals surface area contributed by atoms with Crippen LogP contribution in [0.4, 0.5) is 5.82 Å². The van der Waals surface area contributed by atoms with E-state index >= 15 is 0 Å². The predicted molar refractivity (Wildman–Crippen MR) is 111 cm³/mol. The number of amides is 1. The van der Waals surface area contributed by atoms with Crippen LogP contribution >= 0.6 is 11.6 Å². The second-order valence-corrected chi connectivity index (χ2v) is 7.75. The van der Waals surface area contributed by atoms with Gasteiger partial charge in [-0.15, -0.1) is 0 Å². The van der Waals surface area contributed by atoms with Crippen LogP contribution in [0, 0.1) is 0 Å². The van der Waals surface area contributed by atoms with Gasteiger partial charge in [0.1, 0.15) is 17.8 Å². The van der Waals surface area contributed by atoms with Crippen LogP contribution in [0.15, 0.2) is 36.8 Å². The zero-order valence-corrected chi connectivity index (χ0v) is 16.5. The molecule has 4 N–H and O–H groups in total. The molecule has 146 valence electrons. The average Bonchev–Trinajstić information content (AvgIpc) is 3.30. The maximum absolute atomic E-state index is 12.4. The SMILES string of the molecule is CCc1c[nH]c2ncnc(N3CC[C@](N)(CNC(=O)c4cccc(Cl)c4)C3)c12. The largest absolute Gasteiger partial charge is 0.354 e. The fourth-order valence-electron chi connectivity index (χ4n) is 3.74. The van der Waals surface area contributed by atoms with Crippen LogP contribution in [0.25, 0.3) is 11.0 Å². The molecule has 1 fully saturated rings. The number of carbonyl (C=O) groups excluding carboxylic acids is 1. The molecule has 0 radical (unpaired) electrons. The maximum atomic E-state index is 12.4. The van der Waals surface area contributed by atoms with Gasteiger partial charge in [0, 0.05) is 36.4 Å². The molecule has 3 heterocycles. The van der Waals surface area contributed by atoms with Crippen molar-refractivity contribution in [2.45, 2.75) is 25.3 Å². The van der Waals surface area contributed by atoms with Crippen molar-refractivity contribution in [2.24, 2.45) is 5.73 Å². The van der Waals surface area contributed by atoms with E-state index in [1.54, 1.807) is 30.6 Å². The Labute approximate surface area is 168 Å². The van der Waals surface area contributed by atoms with Crippen LogP contribution in [-0.2, 0) is 6.42 Å². The molecule has 1 atom stereocenters.